The molecule has 0 radical (unpaired) electrons. The van der Waals surface area contributed by atoms with Crippen LogP contribution in [0.5, 0.6) is 0 Å². The SMILES string of the molecule is Cc1c(C(=O)N(C)Cc2ccncc2F)sc2ncnc(NCC3CCC(F)(F)CC3)c12. The number of carbonyl (C=O) groups excluding carboxylic acids is 1. The number of carbonyl (C=O) groups is 1. The Morgan fingerprint density at radius 2 is 2.06 bits per heavy atom. The molecule has 1 saturated carbocycles. The highest BCUT2D eigenvalue weighted by Gasteiger charge is 2.34. The first-order valence-corrected chi connectivity index (χ1v) is 11.3. The zero-order chi connectivity index (χ0) is 22.9. The molecule has 32 heavy (non-hydrogen) atoms. The van der Waals surface area contributed by atoms with E-state index in [1.165, 1.54) is 28.8 Å². The molecule has 10 heteroatoms. The number of thiophene rings is 1. The van der Waals surface area contributed by atoms with Crippen LogP contribution in [-0.4, -0.2) is 45.3 Å². The predicted octanol–water partition coefficient (Wildman–Crippen LogP) is 5.04. The predicted molar refractivity (Wildman–Crippen MR) is 118 cm³/mol. The maximum absolute atomic E-state index is 13.9. The van der Waals surface area contributed by atoms with E-state index in [2.05, 4.69) is 20.3 Å². The van der Waals surface area contributed by atoms with Crippen LogP contribution in [0.2, 0.25) is 0 Å². The molecule has 6 nitrogen and oxygen atoms in total. The van der Waals surface area contributed by atoms with Crippen molar-refractivity contribution in [1.82, 2.24) is 19.9 Å². The second-order valence-corrected chi connectivity index (χ2v) is 9.27. The van der Waals surface area contributed by atoms with Crippen LogP contribution >= 0.6 is 11.3 Å². The number of halogens is 3. The molecule has 1 aliphatic rings. The van der Waals surface area contributed by atoms with E-state index < -0.39 is 11.7 Å². The minimum atomic E-state index is -2.55. The molecule has 1 N–H and O–H groups in total. The van der Waals surface area contributed by atoms with Crippen LogP contribution in [0.1, 0.15) is 46.5 Å². The molecule has 0 unspecified atom stereocenters. The number of pyridine rings is 1. The molecule has 0 bridgehead atoms. The summed E-state index contributed by atoms with van der Waals surface area (Å²) in [6.07, 6.45) is 4.81. The molecule has 1 fully saturated rings. The maximum Gasteiger partial charge on any atom is 0.264 e. The van der Waals surface area contributed by atoms with E-state index in [0.717, 1.165) is 17.1 Å². The van der Waals surface area contributed by atoms with Gasteiger partial charge in [0, 0.05) is 44.7 Å². The zero-order valence-corrected chi connectivity index (χ0v) is 18.7. The van der Waals surface area contributed by atoms with Crippen LogP contribution in [0.3, 0.4) is 0 Å². The smallest absolute Gasteiger partial charge is 0.264 e. The highest BCUT2D eigenvalue weighted by atomic mass is 32.1. The van der Waals surface area contributed by atoms with Gasteiger partial charge in [0.05, 0.1) is 16.5 Å². The van der Waals surface area contributed by atoms with Gasteiger partial charge < -0.3 is 10.2 Å². The quantitative estimate of drug-likeness (QED) is 0.554. The lowest BCUT2D eigenvalue weighted by molar-refractivity contribution is -0.0443. The lowest BCUT2D eigenvalue weighted by atomic mass is 9.87. The Morgan fingerprint density at radius 1 is 1.31 bits per heavy atom. The standard InChI is InChI=1S/C22H24F3N5OS/c1-13-17-19(27-9-14-3-6-22(24,25)7-4-14)28-12-29-20(17)32-18(13)21(31)30(2)11-15-5-8-26-10-16(15)23/h5,8,10,12,14H,3-4,6-7,9,11H2,1-2H3,(H,27,28,29). The Hall–Kier alpha value is -2.75. The minimum Gasteiger partial charge on any atom is -0.369 e. The number of aromatic nitrogens is 3. The average molecular weight is 464 g/mol. The lowest BCUT2D eigenvalue weighted by Gasteiger charge is -2.28. The number of anilines is 1. The van der Waals surface area contributed by atoms with E-state index in [0.29, 0.717) is 40.5 Å². The summed E-state index contributed by atoms with van der Waals surface area (Å²) in [5.41, 5.74) is 1.13. The normalized spacial score (nSPS) is 16.3. The van der Waals surface area contributed by atoms with Crippen LogP contribution in [0.15, 0.2) is 24.8 Å². The molecule has 3 heterocycles. The summed E-state index contributed by atoms with van der Waals surface area (Å²) in [5, 5.41) is 4.04. The van der Waals surface area contributed by atoms with E-state index >= 15 is 0 Å². The van der Waals surface area contributed by atoms with Crippen molar-refractivity contribution in [3.05, 3.63) is 46.6 Å². The third-order valence-electron chi connectivity index (χ3n) is 5.93. The minimum absolute atomic E-state index is 0.0843. The fourth-order valence-electron chi connectivity index (χ4n) is 3.99. The number of rotatable bonds is 6. The average Bonchev–Trinajstić information content (AvgIpc) is 3.11. The summed E-state index contributed by atoms with van der Waals surface area (Å²) >= 11 is 1.26. The second-order valence-electron chi connectivity index (χ2n) is 8.27. The Balaban J connectivity index is 1.51. The molecule has 0 aromatic carbocycles. The summed E-state index contributed by atoms with van der Waals surface area (Å²) in [4.78, 5) is 28.1. The number of hydrogen-bond acceptors (Lipinski definition) is 6. The molecular weight excluding hydrogens is 439 g/mol. The second kappa shape index (κ2) is 9.01. The van der Waals surface area contributed by atoms with Gasteiger partial charge in [-0.3, -0.25) is 9.78 Å². The largest absolute Gasteiger partial charge is 0.369 e. The van der Waals surface area contributed by atoms with Gasteiger partial charge in [-0.05, 0) is 37.3 Å². The number of nitrogens with one attached hydrogen (secondary N) is 1. The van der Waals surface area contributed by atoms with Crippen molar-refractivity contribution in [3.8, 4) is 0 Å². The first kappa shape index (κ1) is 22.4. The van der Waals surface area contributed by atoms with Crippen LogP contribution < -0.4 is 5.32 Å². The molecular formula is C22H24F3N5OS. The van der Waals surface area contributed by atoms with E-state index in [9.17, 15) is 18.0 Å². The monoisotopic (exact) mass is 463 g/mol. The number of aryl methyl sites for hydroxylation is 1. The first-order valence-electron chi connectivity index (χ1n) is 10.4. The van der Waals surface area contributed by atoms with Crippen molar-refractivity contribution in [1.29, 1.82) is 0 Å². The van der Waals surface area contributed by atoms with Crippen molar-refractivity contribution in [2.45, 2.75) is 45.1 Å². The molecule has 3 aromatic rings. The number of nitrogens with zero attached hydrogens (tertiary/aromatic N) is 4. The Kier molecular flexibility index (Phi) is 6.32. The summed E-state index contributed by atoms with van der Waals surface area (Å²) in [7, 11) is 1.62. The molecule has 1 aliphatic carbocycles. The Bertz CT molecular complexity index is 1130. The molecule has 0 atom stereocenters. The van der Waals surface area contributed by atoms with E-state index in [4.69, 9.17) is 0 Å². The molecule has 3 aromatic heterocycles. The van der Waals surface area contributed by atoms with E-state index in [1.807, 2.05) is 6.92 Å². The van der Waals surface area contributed by atoms with E-state index in [-0.39, 0.29) is 31.2 Å². The topological polar surface area (TPSA) is 71.0 Å². The van der Waals surface area contributed by atoms with Gasteiger partial charge in [0.25, 0.3) is 5.91 Å². The zero-order valence-electron chi connectivity index (χ0n) is 17.9. The van der Waals surface area contributed by atoms with Crippen LogP contribution in [0.25, 0.3) is 10.2 Å². The van der Waals surface area contributed by atoms with Gasteiger partial charge in [0.2, 0.25) is 5.92 Å². The Morgan fingerprint density at radius 3 is 2.78 bits per heavy atom. The third kappa shape index (κ3) is 4.69. The number of amides is 1. The molecule has 0 aliphatic heterocycles. The molecule has 4 rings (SSSR count). The van der Waals surface area contributed by atoms with Crippen LogP contribution in [0, 0.1) is 18.7 Å². The first-order chi connectivity index (χ1) is 15.2. The number of fused-ring (bicyclic) bond motifs is 1. The van der Waals surface area contributed by atoms with Crippen molar-refractivity contribution >= 4 is 33.3 Å². The maximum atomic E-state index is 13.9. The van der Waals surface area contributed by atoms with Gasteiger partial charge in [0.1, 0.15) is 22.8 Å². The summed E-state index contributed by atoms with van der Waals surface area (Å²) in [6.45, 7) is 2.49. The fraction of sp³-hybridized carbons (Fsp3) is 0.455. The van der Waals surface area contributed by atoms with Crippen molar-refractivity contribution in [2.75, 3.05) is 18.9 Å². The summed E-state index contributed by atoms with van der Waals surface area (Å²) < 4.78 is 40.7. The highest BCUT2D eigenvalue weighted by Crippen LogP contribution is 2.37. The van der Waals surface area contributed by atoms with Crippen molar-refractivity contribution in [3.63, 3.8) is 0 Å². The van der Waals surface area contributed by atoms with Gasteiger partial charge in [-0.1, -0.05) is 0 Å². The summed E-state index contributed by atoms with van der Waals surface area (Å²) in [5.74, 6) is -2.49. The van der Waals surface area contributed by atoms with Gasteiger partial charge in [-0.2, -0.15) is 0 Å². The third-order valence-corrected chi connectivity index (χ3v) is 7.11. The van der Waals surface area contributed by atoms with Crippen molar-refractivity contribution < 1.29 is 18.0 Å². The Labute approximate surface area is 187 Å². The highest BCUT2D eigenvalue weighted by molar-refractivity contribution is 7.20. The number of alkyl halides is 2. The lowest BCUT2D eigenvalue weighted by Crippen LogP contribution is -2.28. The van der Waals surface area contributed by atoms with Crippen LogP contribution in [-0.2, 0) is 6.54 Å². The molecule has 1 amide bonds. The van der Waals surface area contributed by atoms with Crippen molar-refractivity contribution in [2.24, 2.45) is 5.92 Å². The number of hydrogen-bond donors (Lipinski definition) is 1. The van der Waals surface area contributed by atoms with Gasteiger partial charge in [-0.25, -0.2) is 23.1 Å². The van der Waals surface area contributed by atoms with Crippen LogP contribution in [0.4, 0.5) is 19.0 Å². The molecule has 0 spiro atoms. The molecule has 170 valence electrons. The van der Waals surface area contributed by atoms with Gasteiger partial charge in [-0.15, -0.1) is 11.3 Å². The summed E-state index contributed by atoms with van der Waals surface area (Å²) in [6, 6.07) is 1.55. The molecule has 0 saturated heterocycles. The van der Waals surface area contributed by atoms with Gasteiger partial charge in [0.15, 0.2) is 0 Å². The fourth-order valence-corrected chi connectivity index (χ4v) is 5.13. The van der Waals surface area contributed by atoms with E-state index in [1.54, 1.807) is 13.1 Å². The van der Waals surface area contributed by atoms with Gasteiger partial charge >= 0.3 is 0 Å².